The molecule has 0 radical (unpaired) electrons. The molecule has 4 aromatic carbocycles. The second kappa shape index (κ2) is 13.2. The molecule has 0 aliphatic carbocycles. The Bertz CT molecular complexity index is 1400. The third-order valence-electron chi connectivity index (χ3n) is 7.10. The van der Waals surface area contributed by atoms with Crippen LogP contribution in [0.25, 0.3) is 10.8 Å². The molecule has 40 heavy (non-hydrogen) atoms. The summed E-state index contributed by atoms with van der Waals surface area (Å²) in [4.78, 5) is 0. The molecule has 0 heterocycles. The highest BCUT2D eigenvalue weighted by molar-refractivity contribution is 5.84. The van der Waals surface area contributed by atoms with E-state index in [-0.39, 0.29) is 18.4 Å². The van der Waals surface area contributed by atoms with Crippen molar-refractivity contribution in [3.8, 4) is 5.75 Å². The quantitative estimate of drug-likeness (QED) is 0.124. The molecule has 1 nitrogen and oxygen atoms in total. The van der Waals surface area contributed by atoms with E-state index in [1.807, 2.05) is 18.2 Å². The van der Waals surface area contributed by atoms with Gasteiger partial charge in [0.05, 0.1) is 0 Å². The molecule has 7 heteroatoms. The van der Waals surface area contributed by atoms with Gasteiger partial charge >= 0.3 is 6.36 Å². The predicted molar refractivity (Wildman–Crippen MR) is 146 cm³/mol. The molecule has 0 spiro atoms. The summed E-state index contributed by atoms with van der Waals surface area (Å²) >= 11 is 0. The van der Waals surface area contributed by atoms with E-state index in [0.717, 1.165) is 42.3 Å². The zero-order valence-corrected chi connectivity index (χ0v) is 22.4. The van der Waals surface area contributed by atoms with Crippen LogP contribution in [-0.4, -0.2) is 6.36 Å². The van der Waals surface area contributed by atoms with E-state index in [1.165, 1.54) is 36.8 Å². The van der Waals surface area contributed by atoms with Crippen molar-refractivity contribution in [1.82, 2.24) is 0 Å². The van der Waals surface area contributed by atoms with Crippen molar-refractivity contribution in [2.75, 3.05) is 0 Å². The van der Waals surface area contributed by atoms with Crippen LogP contribution >= 0.6 is 0 Å². The minimum atomic E-state index is -5.21. The topological polar surface area (TPSA) is 9.23 Å². The summed E-state index contributed by atoms with van der Waals surface area (Å²) in [6.07, 6.45) is 2.74. The number of fused-ring (bicyclic) bond motifs is 1. The van der Waals surface area contributed by atoms with Crippen LogP contribution in [0.2, 0.25) is 0 Å². The van der Waals surface area contributed by atoms with Crippen LogP contribution in [0.4, 0.5) is 26.3 Å². The molecule has 0 atom stereocenters. The summed E-state index contributed by atoms with van der Waals surface area (Å²) in [5.41, 5.74) is 4.16. The zero-order chi connectivity index (χ0) is 28.7. The van der Waals surface area contributed by atoms with Gasteiger partial charge in [-0.15, -0.1) is 13.2 Å². The van der Waals surface area contributed by atoms with Crippen LogP contribution in [0.1, 0.15) is 60.4 Å². The summed E-state index contributed by atoms with van der Waals surface area (Å²) in [6, 6.07) is 19.4. The first-order valence-corrected chi connectivity index (χ1v) is 13.6. The molecule has 0 aromatic heterocycles. The monoisotopic (exact) mass is 558 g/mol. The number of aryl methyl sites for hydroxylation is 5. The van der Waals surface area contributed by atoms with Gasteiger partial charge in [-0.3, -0.25) is 0 Å². The van der Waals surface area contributed by atoms with Gasteiger partial charge in [0, 0.05) is 5.39 Å². The van der Waals surface area contributed by atoms with Gasteiger partial charge in [-0.2, -0.15) is 0 Å². The van der Waals surface area contributed by atoms with E-state index in [2.05, 4.69) is 35.9 Å². The van der Waals surface area contributed by atoms with Gasteiger partial charge in [0.25, 0.3) is 0 Å². The van der Waals surface area contributed by atoms with E-state index >= 15 is 4.39 Å². The normalized spacial score (nSPS) is 11.8. The second-order valence-electron chi connectivity index (χ2n) is 10.2. The van der Waals surface area contributed by atoms with Crippen molar-refractivity contribution in [3.05, 3.63) is 112 Å². The molecule has 0 saturated carbocycles. The van der Waals surface area contributed by atoms with Crippen molar-refractivity contribution in [1.29, 1.82) is 0 Å². The third-order valence-corrected chi connectivity index (χ3v) is 7.10. The average molecular weight is 559 g/mol. The van der Waals surface area contributed by atoms with Crippen LogP contribution in [-0.2, 0) is 32.1 Å². The lowest BCUT2D eigenvalue weighted by Gasteiger charge is -2.12. The van der Waals surface area contributed by atoms with Crippen LogP contribution in [0.3, 0.4) is 0 Å². The molecule has 0 bridgehead atoms. The van der Waals surface area contributed by atoms with Crippen molar-refractivity contribution >= 4 is 10.8 Å². The number of ether oxygens (including phenoxy) is 1. The molecule has 0 amide bonds. The minimum Gasteiger partial charge on any atom is -0.399 e. The van der Waals surface area contributed by atoms with E-state index in [9.17, 15) is 22.0 Å². The number of alkyl halides is 3. The minimum absolute atomic E-state index is 0.0399. The summed E-state index contributed by atoms with van der Waals surface area (Å²) < 4.78 is 83.7. The molecular weight excluding hydrogens is 526 g/mol. The first-order valence-electron chi connectivity index (χ1n) is 13.6. The van der Waals surface area contributed by atoms with E-state index in [4.69, 9.17) is 0 Å². The Morgan fingerprint density at radius 1 is 0.600 bits per heavy atom. The maximum absolute atomic E-state index is 15.2. The molecule has 4 aromatic rings. The Hall–Kier alpha value is -3.48. The second-order valence-corrected chi connectivity index (χ2v) is 10.2. The first kappa shape index (κ1) is 29.5. The highest BCUT2D eigenvalue weighted by atomic mass is 19.4. The molecule has 0 aliphatic rings. The first-order chi connectivity index (χ1) is 19.1. The molecule has 4 rings (SSSR count). The molecule has 0 N–H and O–H groups in total. The van der Waals surface area contributed by atoms with Gasteiger partial charge < -0.3 is 4.74 Å². The Labute approximate surface area is 230 Å². The van der Waals surface area contributed by atoms with Gasteiger partial charge in [-0.05, 0) is 83.9 Å². The summed E-state index contributed by atoms with van der Waals surface area (Å²) in [6.45, 7) is 2.21. The highest BCUT2D eigenvalue weighted by Gasteiger charge is 2.34. The standard InChI is InChI=1S/C33H32F6O/c1-2-3-4-5-6-22-7-9-23(10-8-22)11-12-24-14-18-28-27(19-24)17-16-26(31(28)36)15-13-25-20-29(34)32(30(35)21-25)40-33(37,38)39/h7-10,14,16-21H,2-6,11-13,15H2,1H3. The average Bonchev–Trinajstić information content (AvgIpc) is 2.92. The fourth-order valence-corrected chi connectivity index (χ4v) is 4.90. The van der Waals surface area contributed by atoms with Crippen LogP contribution < -0.4 is 4.74 Å². The zero-order valence-electron chi connectivity index (χ0n) is 22.4. The number of hydrogen-bond acceptors (Lipinski definition) is 1. The van der Waals surface area contributed by atoms with Gasteiger partial charge in [-0.1, -0.05) is 80.8 Å². The molecule has 0 aliphatic heterocycles. The lowest BCUT2D eigenvalue weighted by atomic mass is 9.97. The molecule has 0 saturated heterocycles. The van der Waals surface area contributed by atoms with E-state index < -0.39 is 29.6 Å². The van der Waals surface area contributed by atoms with Crippen molar-refractivity contribution < 1.29 is 31.1 Å². The van der Waals surface area contributed by atoms with E-state index in [0.29, 0.717) is 10.9 Å². The smallest absolute Gasteiger partial charge is 0.399 e. The van der Waals surface area contributed by atoms with Crippen molar-refractivity contribution in [2.24, 2.45) is 0 Å². The molecular formula is C33H32F6O. The Balaban J connectivity index is 1.37. The van der Waals surface area contributed by atoms with Crippen LogP contribution in [0.5, 0.6) is 5.75 Å². The van der Waals surface area contributed by atoms with Crippen molar-refractivity contribution in [2.45, 2.75) is 71.1 Å². The van der Waals surface area contributed by atoms with Crippen molar-refractivity contribution in [3.63, 3.8) is 0 Å². The van der Waals surface area contributed by atoms with Gasteiger partial charge in [0.15, 0.2) is 11.6 Å². The number of unbranched alkanes of at least 4 members (excludes halogenated alkanes) is 3. The van der Waals surface area contributed by atoms with Crippen LogP contribution in [0, 0.1) is 17.5 Å². The lowest BCUT2D eigenvalue weighted by Crippen LogP contribution is -2.19. The van der Waals surface area contributed by atoms with Gasteiger partial charge in [0.1, 0.15) is 5.82 Å². The Kier molecular flexibility index (Phi) is 9.77. The number of rotatable bonds is 12. The summed E-state index contributed by atoms with van der Waals surface area (Å²) in [7, 11) is 0. The number of halogens is 6. The lowest BCUT2D eigenvalue weighted by molar-refractivity contribution is -0.276. The maximum atomic E-state index is 15.2. The Morgan fingerprint density at radius 3 is 1.85 bits per heavy atom. The molecule has 0 fully saturated rings. The predicted octanol–water partition coefficient (Wildman–Crippen LogP) is 9.85. The SMILES string of the molecule is CCCCCCc1ccc(CCc2ccc3c(F)c(CCc4cc(F)c(OC(F)(F)F)c(F)c4)ccc3c2)cc1. The fraction of sp³-hybridized carbons (Fsp3) is 0.333. The number of benzene rings is 4. The van der Waals surface area contributed by atoms with Crippen LogP contribution in [0.15, 0.2) is 66.7 Å². The van der Waals surface area contributed by atoms with Gasteiger partial charge in [0.2, 0.25) is 5.75 Å². The summed E-state index contributed by atoms with van der Waals surface area (Å²) in [5.74, 6) is -4.84. The third kappa shape index (κ3) is 8.03. The van der Waals surface area contributed by atoms with Gasteiger partial charge in [-0.25, -0.2) is 13.2 Å². The fourth-order valence-electron chi connectivity index (χ4n) is 4.90. The summed E-state index contributed by atoms with van der Waals surface area (Å²) in [5, 5.41) is 1.20. The maximum Gasteiger partial charge on any atom is 0.573 e. The largest absolute Gasteiger partial charge is 0.573 e. The van der Waals surface area contributed by atoms with E-state index in [1.54, 1.807) is 12.1 Å². The highest BCUT2D eigenvalue weighted by Crippen LogP contribution is 2.30. The molecule has 0 unspecified atom stereocenters. The number of hydrogen-bond donors (Lipinski definition) is 0. The molecule has 212 valence electrons. The Morgan fingerprint density at radius 2 is 1.20 bits per heavy atom.